The number of rotatable bonds is 5. The second kappa shape index (κ2) is 8.93. The summed E-state index contributed by atoms with van der Waals surface area (Å²) in [7, 11) is 1.42. The van der Waals surface area contributed by atoms with E-state index in [-0.39, 0.29) is 30.8 Å². The molecular weight excluding hydrogens is 487 g/mol. The van der Waals surface area contributed by atoms with Crippen molar-refractivity contribution in [3.8, 4) is 17.0 Å². The zero-order valence-corrected chi connectivity index (χ0v) is 21.2. The number of likely N-dealkylation sites (tertiary alicyclic amines) is 1. The van der Waals surface area contributed by atoms with Gasteiger partial charge in [0.1, 0.15) is 16.9 Å². The molecule has 9 nitrogen and oxygen atoms in total. The molecule has 12 heteroatoms. The van der Waals surface area contributed by atoms with Crippen molar-refractivity contribution in [3.05, 3.63) is 36.0 Å². The zero-order chi connectivity index (χ0) is 26.6. The summed E-state index contributed by atoms with van der Waals surface area (Å²) in [5, 5.41) is 7.09. The number of hydrogen-bond donors (Lipinski definition) is 1. The fraction of sp³-hybridized carbons (Fsp3) is 0.440. The molecule has 0 unspecified atom stereocenters. The third kappa shape index (κ3) is 4.23. The minimum Gasteiger partial charge on any atom is -0.479 e. The van der Waals surface area contributed by atoms with Gasteiger partial charge in [0, 0.05) is 31.3 Å². The van der Waals surface area contributed by atoms with E-state index in [0.717, 1.165) is 4.90 Å². The number of carbonyl (C=O) groups excluding carboxylic acids is 1. The second-order valence-electron chi connectivity index (χ2n) is 9.60. The summed E-state index contributed by atoms with van der Waals surface area (Å²) in [4.78, 5) is 21.4. The van der Waals surface area contributed by atoms with Gasteiger partial charge in [-0.2, -0.15) is 4.98 Å². The van der Waals surface area contributed by atoms with Gasteiger partial charge in [0.25, 0.3) is 5.92 Å². The normalized spacial score (nSPS) is 17.6. The molecule has 196 valence electrons. The van der Waals surface area contributed by atoms with Crippen LogP contribution in [0.4, 0.5) is 19.1 Å². The Balaban J connectivity index is 1.54. The van der Waals surface area contributed by atoms with Crippen molar-refractivity contribution < 1.29 is 22.7 Å². The van der Waals surface area contributed by atoms with Crippen LogP contribution >= 0.6 is 0 Å². The van der Waals surface area contributed by atoms with Crippen LogP contribution in [0.1, 0.15) is 39.1 Å². The summed E-state index contributed by atoms with van der Waals surface area (Å²) < 4.78 is 53.5. The maximum absolute atomic E-state index is 15.1. The molecule has 0 aliphatic carbocycles. The van der Waals surface area contributed by atoms with Crippen molar-refractivity contribution in [1.29, 1.82) is 0 Å². The van der Waals surface area contributed by atoms with Crippen LogP contribution in [0.3, 0.4) is 0 Å². The lowest BCUT2D eigenvalue weighted by Gasteiger charge is -2.38. The van der Waals surface area contributed by atoms with E-state index in [1.54, 1.807) is 12.3 Å². The van der Waals surface area contributed by atoms with Crippen molar-refractivity contribution in [2.45, 2.75) is 52.1 Å². The number of piperidine rings is 1. The second-order valence-corrected chi connectivity index (χ2v) is 9.60. The van der Waals surface area contributed by atoms with E-state index < -0.39 is 30.2 Å². The molecule has 0 saturated carbocycles. The van der Waals surface area contributed by atoms with Crippen LogP contribution in [0.5, 0.6) is 5.88 Å². The number of ether oxygens (including phenoxy) is 1. The molecule has 1 aliphatic rings. The molecule has 4 aromatic rings. The molecule has 37 heavy (non-hydrogen) atoms. The molecule has 1 saturated heterocycles. The Hall–Kier alpha value is -3.83. The highest BCUT2D eigenvalue weighted by molar-refractivity contribution is 5.90. The van der Waals surface area contributed by atoms with Crippen molar-refractivity contribution in [3.63, 3.8) is 0 Å². The molecule has 1 aromatic carbocycles. The number of aromatic nitrogens is 5. The first kappa shape index (κ1) is 24.8. The number of nitrogens with zero attached hydrogens (tertiary/aromatic N) is 6. The number of halogens is 3. The van der Waals surface area contributed by atoms with Crippen LogP contribution in [0.25, 0.3) is 27.7 Å². The van der Waals surface area contributed by atoms with Crippen molar-refractivity contribution in [1.82, 2.24) is 29.0 Å². The Bertz CT molecular complexity index is 1510. The molecular formula is C25H28F3N7O2. The number of hydrogen-bond acceptors (Lipinski definition) is 6. The average Bonchev–Trinajstić information content (AvgIpc) is 3.40. The Morgan fingerprint density at radius 2 is 2.03 bits per heavy atom. The maximum atomic E-state index is 15.1. The summed E-state index contributed by atoms with van der Waals surface area (Å²) in [5.74, 6) is -3.18. The number of aryl methyl sites for hydroxylation is 1. The number of carbonyl (C=O) groups is 1. The summed E-state index contributed by atoms with van der Waals surface area (Å²) in [5.41, 5.74) is 2.64. The van der Waals surface area contributed by atoms with Gasteiger partial charge in [0.2, 0.25) is 17.7 Å². The van der Waals surface area contributed by atoms with Gasteiger partial charge in [0.05, 0.1) is 25.2 Å². The first-order chi connectivity index (χ1) is 17.5. The summed E-state index contributed by atoms with van der Waals surface area (Å²) in [6, 6.07) is 3.85. The van der Waals surface area contributed by atoms with Crippen molar-refractivity contribution in [2.75, 3.05) is 25.5 Å². The number of alkyl halides is 2. The molecule has 1 atom stereocenters. The van der Waals surface area contributed by atoms with Crippen molar-refractivity contribution >= 4 is 28.4 Å². The van der Waals surface area contributed by atoms with Crippen molar-refractivity contribution in [2.24, 2.45) is 0 Å². The molecule has 1 aliphatic heterocycles. The van der Waals surface area contributed by atoms with Gasteiger partial charge < -0.3 is 19.5 Å². The number of methoxy groups -OCH3 is 1. The van der Waals surface area contributed by atoms with Gasteiger partial charge in [-0.15, -0.1) is 5.10 Å². The summed E-state index contributed by atoms with van der Waals surface area (Å²) >= 11 is 0. The number of benzene rings is 1. The van der Waals surface area contributed by atoms with Gasteiger partial charge in [-0.3, -0.25) is 4.79 Å². The van der Waals surface area contributed by atoms with Gasteiger partial charge in [0.15, 0.2) is 5.82 Å². The molecule has 3 aromatic heterocycles. The fourth-order valence-electron chi connectivity index (χ4n) is 5.05. The Morgan fingerprint density at radius 1 is 1.27 bits per heavy atom. The molecule has 1 amide bonds. The maximum Gasteiger partial charge on any atom is 0.285 e. The minimum absolute atomic E-state index is 0.0372. The van der Waals surface area contributed by atoms with Gasteiger partial charge >= 0.3 is 0 Å². The largest absolute Gasteiger partial charge is 0.479 e. The Kier molecular flexibility index (Phi) is 5.99. The number of imidazole rings is 1. The lowest BCUT2D eigenvalue weighted by Crippen LogP contribution is -2.55. The summed E-state index contributed by atoms with van der Waals surface area (Å²) in [6.45, 7) is 6.66. The van der Waals surface area contributed by atoms with Crippen LogP contribution in [0.2, 0.25) is 0 Å². The number of fused-ring (bicyclic) bond motifs is 2. The van der Waals surface area contributed by atoms with Gasteiger partial charge in [-0.05, 0) is 51.0 Å². The Labute approximate surface area is 211 Å². The Morgan fingerprint density at radius 3 is 2.68 bits per heavy atom. The highest BCUT2D eigenvalue weighted by Gasteiger charge is 2.45. The third-order valence-corrected chi connectivity index (χ3v) is 6.77. The molecule has 1 N–H and O–H groups in total. The molecule has 5 rings (SSSR count). The van der Waals surface area contributed by atoms with E-state index in [4.69, 9.17) is 4.74 Å². The average molecular weight is 516 g/mol. The molecule has 4 heterocycles. The molecule has 0 radical (unpaired) electrons. The highest BCUT2D eigenvalue weighted by atomic mass is 19.3. The predicted molar refractivity (Wildman–Crippen MR) is 133 cm³/mol. The lowest BCUT2D eigenvalue weighted by molar-refractivity contribution is -0.140. The lowest BCUT2D eigenvalue weighted by atomic mass is 10.0. The quantitative estimate of drug-likeness (QED) is 0.423. The van der Waals surface area contributed by atoms with Crippen LogP contribution in [0.15, 0.2) is 24.4 Å². The summed E-state index contributed by atoms with van der Waals surface area (Å²) in [6.07, 6.45) is 1.68. The number of amides is 1. The van der Waals surface area contributed by atoms with E-state index in [0.29, 0.717) is 33.5 Å². The van der Waals surface area contributed by atoms with E-state index >= 15 is 4.39 Å². The van der Waals surface area contributed by atoms with E-state index in [1.807, 2.05) is 31.4 Å². The fourth-order valence-corrected chi connectivity index (χ4v) is 5.05. The SMILES string of the molecule is COc1nc(N[C@@H]2CCN(C(C)=O)CC2(F)F)nn2ccc(-c3cc(F)c4nc(C)n(C(C)C)c4c3)c12. The standard InChI is InChI=1S/C25H28F3N7O2/c1-13(2)35-14(3)29-21-18(26)10-16(11-19(21)35)17-6-9-34-22(17)23(37-5)31-24(32-34)30-20-7-8-33(15(4)36)12-25(20,27)28/h6,9-11,13,20H,7-8,12H2,1-5H3,(H,30,32)/t20-/m1/s1. The molecule has 0 spiro atoms. The number of anilines is 1. The zero-order valence-electron chi connectivity index (χ0n) is 21.2. The highest BCUT2D eigenvalue weighted by Crippen LogP contribution is 2.36. The van der Waals surface area contributed by atoms with Gasteiger partial charge in [-0.1, -0.05) is 0 Å². The first-order valence-electron chi connectivity index (χ1n) is 12.0. The monoisotopic (exact) mass is 515 g/mol. The van der Waals surface area contributed by atoms with Crippen LogP contribution in [0, 0.1) is 12.7 Å². The predicted octanol–water partition coefficient (Wildman–Crippen LogP) is 4.45. The molecule has 0 bridgehead atoms. The van der Waals surface area contributed by atoms with E-state index in [2.05, 4.69) is 20.4 Å². The van der Waals surface area contributed by atoms with Gasteiger partial charge in [-0.25, -0.2) is 22.7 Å². The van der Waals surface area contributed by atoms with Crippen LogP contribution < -0.4 is 10.1 Å². The minimum atomic E-state index is -3.16. The van der Waals surface area contributed by atoms with E-state index in [1.165, 1.54) is 24.6 Å². The van der Waals surface area contributed by atoms with Crippen LogP contribution in [-0.2, 0) is 4.79 Å². The van der Waals surface area contributed by atoms with Crippen LogP contribution in [-0.4, -0.2) is 67.1 Å². The van der Waals surface area contributed by atoms with E-state index in [9.17, 15) is 13.6 Å². The smallest absolute Gasteiger partial charge is 0.285 e. The molecule has 1 fully saturated rings. The number of nitrogens with one attached hydrogen (secondary N) is 1. The first-order valence-corrected chi connectivity index (χ1v) is 12.0. The topological polar surface area (TPSA) is 89.6 Å². The third-order valence-electron chi connectivity index (χ3n) is 6.77.